The molecule has 0 radical (unpaired) electrons. The van der Waals surface area contributed by atoms with E-state index in [2.05, 4.69) is 10.3 Å². The van der Waals surface area contributed by atoms with E-state index in [-0.39, 0.29) is 22.1 Å². The number of amides is 1. The Morgan fingerprint density at radius 3 is 2.52 bits per heavy atom. The summed E-state index contributed by atoms with van der Waals surface area (Å²) in [6.45, 7) is 0. The summed E-state index contributed by atoms with van der Waals surface area (Å²) in [6, 6.07) is 12.5. The lowest BCUT2D eigenvalue weighted by molar-refractivity contribution is -0.113. The SMILES string of the molecule is Cn1c(SCC(=O)Nc2ccc(S(N)(=O)=O)cc2)nc2ccccc2c1=O. The van der Waals surface area contributed by atoms with Gasteiger partial charge in [-0.15, -0.1) is 0 Å². The standard InChI is InChI=1S/C17H16N4O4S2/c1-21-16(23)13-4-2-3-5-14(13)20-17(21)26-10-15(22)19-11-6-8-12(9-7-11)27(18,24)25/h2-9H,10H2,1H3,(H,19,22)(H2,18,24,25). The van der Waals surface area contributed by atoms with Gasteiger partial charge in [0.05, 0.1) is 21.6 Å². The zero-order chi connectivity index (χ0) is 19.6. The molecule has 3 aromatic rings. The van der Waals surface area contributed by atoms with E-state index in [0.717, 1.165) is 11.8 Å². The van der Waals surface area contributed by atoms with Crippen molar-refractivity contribution in [3.8, 4) is 0 Å². The van der Waals surface area contributed by atoms with Gasteiger partial charge in [-0.1, -0.05) is 23.9 Å². The summed E-state index contributed by atoms with van der Waals surface area (Å²) in [5.41, 5.74) is 0.831. The van der Waals surface area contributed by atoms with Gasteiger partial charge >= 0.3 is 0 Å². The van der Waals surface area contributed by atoms with Crippen molar-refractivity contribution in [2.45, 2.75) is 10.1 Å². The second-order valence-corrected chi connectivity index (χ2v) is 8.19. The number of aromatic nitrogens is 2. The lowest BCUT2D eigenvalue weighted by atomic mass is 10.2. The number of hydrogen-bond acceptors (Lipinski definition) is 6. The summed E-state index contributed by atoms with van der Waals surface area (Å²) in [5, 5.41) is 8.63. The fourth-order valence-electron chi connectivity index (χ4n) is 2.38. The van der Waals surface area contributed by atoms with E-state index in [1.54, 1.807) is 31.3 Å². The van der Waals surface area contributed by atoms with Gasteiger partial charge in [0.15, 0.2) is 5.16 Å². The van der Waals surface area contributed by atoms with Gasteiger partial charge in [0.1, 0.15) is 0 Å². The Labute approximate surface area is 159 Å². The number of fused-ring (bicyclic) bond motifs is 1. The number of para-hydroxylation sites is 1. The number of hydrogen-bond donors (Lipinski definition) is 2. The van der Waals surface area contributed by atoms with Crippen LogP contribution in [0.15, 0.2) is 63.4 Å². The first-order valence-corrected chi connectivity index (χ1v) is 10.3. The molecule has 8 nitrogen and oxygen atoms in total. The highest BCUT2D eigenvalue weighted by Crippen LogP contribution is 2.18. The monoisotopic (exact) mass is 404 g/mol. The van der Waals surface area contributed by atoms with E-state index in [9.17, 15) is 18.0 Å². The molecule has 0 bridgehead atoms. The maximum Gasteiger partial charge on any atom is 0.261 e. The van der Waals surface area contributed by atoms with E-state index in [4.69, 9.17) is 5.14 Å². The van der Waals surface area contributed by atoms with Gasteiger partial charge in [-0.2, -0.15) is 0 Å². The Morgan fingerprint density at radius 1 is 1.19 bits per heavy atom. The predicted molar refractivity (Wildman–Crippen MR) is 104 cm³/mol. The third-order valence-electron chi connectivity index (χ3n) is 3.74. The van der Waals surface area contributed by atoms with Gasteiger partial charge in [0.2, 0.25) is 15.9 Å². The van der Waals surface area contributed by atoms with Gasteiger partial charge in [0.25, 0.3) is 5.56 Å². The van der Waals surface area contributed by atoms with E-state index in [0.29, 0.717) is 21.7 Å². The molecule has 1 aromatic heterocycles. The first-order chi connectivity index (χ1) is 12.8. The molecule has 3 rings (SSSR count). The molecule has 140 valence electrons. The minimum Gasteiger partial charge on any atom is -0.325 e. The molecular weight excluding hydrogens is 388 g/mol. The molecule has 0 unspecified atom stereocenters. The molecule has 0 spiro atoms. The number of thioether (sulfide) groups is 1. The largest absolute Gasteiger partial charge is 0.325 e. The van der Waals surface area contributed by atoms with Gasteiger partial charge in [-0.05, 0) is 36.4 Å². The Bertz CT molecular complexity index is 1170. The van der Waals surface area contributed by atoms with Crippen LogP contribution in [0.1, 0.15) is 0 Å². The number of anilines is 1. The number of carbonyl (C=O) groups is 1. The Morgan fingerprint density at radius 2 is 1.85 bits per heavy atom. The van der Waals surface area contributed by atoms with Crippen LogP contribution in [0, 0.1) is 0 Å². The topological polar surface area (TPSA) is 124 Å². The highest BCUT2D eigenvalue weighted by Gasteiger charge is 2.12. The van der Waals surface area contributed by atoms with Crippen molar-refractivity contribution < 1.29 is 13.2 Å². The molecular formula is C17H16N4O4S2. The number of sulfonamides is 1. The predicted octanol–water partition coefficient (Wildman–Crippen LogP) is 1.31. The number of rotatable bonds is 5. The highest BCUT2D eigenvalue weighted by atomic mass is 32.2. The summed E-state index contributed by atoms with van der Waals surface area (Å²) in [4.78, 5) is 28.9. The Hall–Kier alpha value is -2.69. The lowest BCUT2D eigenvalue weighted by Gasteiger charge is -2.09. The van der Waals surface area contributed by atoms with Gasteiger partial charge in [0, 0.05) is 12.7 Å². The van der Waals surface area contributed by atoms with Crippen molar-refractivity contribution >= 4 is 44.3 Å². The third-order valence-corrected chi connectivity index (χ3v) is 5.70. The third kappa shape index (κ3) is 4.35. The number of nitrogens with two attached hydrogens (primary N) is 1. The molecule has 10 heteroatoms. The number of carbonyl (C=O) groups excluding carboxylic acids is 1. The normalized spacial score (nSPS) is 11.5. The highest BCUT2D eigenvalue weighted by molar-refractivity contribution is 7.99. The number of benzene rings is 2. The van der Waals surface area contributed by atoms with Crippen molar-refractivity contribution in [3.63, 3.8) is 0 Å². The Kier molecular flexibility index (Phi) is 5.31. The van der Waals surface area contributed by atoms with Crippen molar-refractivity contribution in [2.24, 2.45) is 12.2 Å². The zero-order valence-electron chi connectivity index (χ0n) is 14.2. The van der Waals surface area contributed by atoms with Crippen molar-refractivity contribution in [1.82, 2.24) is 9.55 Å². The zero-order valence-corrected chi connectivity index (χ0v) is 15.9. The molecule has 1 amide bonds. The summed E-state index contributed by atoms with van der Waals surface area (Å²) in [7, 11) is -2.17. The van der Waals surface area contributed by atoms with Crippen LogP contribution in [0.3, 0.4) is 0 Å². The maximum absolute atomic E-state index is 12.3. The summed E-state index contributed by atoms with van der Waals surface area (Å²) < 4.78 is 23.9. The fraction of sp³-hybridized carbons (Fsp3) is 0.118. The second-order valence-electron chi connectivity index (χ2n) is 5.68. The van der Waals surface area contributed by atoms with Crippen molar-refractivity contribution in [3.05, 3.63) is 58.9 Å². The number of primary sulfonamides is 1. The molecule has 0 fully saturated rings. The van der Waals surface area contributed by atoms with Crippen molar-refractivity contribution in [1.29, 1.82) is 0 Å². The van der Waals surface area contributed by atoms with Crippen LogP contribution >= 0.6 is 11.8 Å². The lowest BCUT2D eigenvalue weighted by Crippen LogP contribution is -2.21. The average molecular weight is 404 g/mol. The molecule has 0 aliphatic carbocycles. The van der Waals surface area contributed by atoms with Crippen LogP contribution in [0.2, 0.25) is 0 Å². The van der Waals surface area contributed by atoms with Crippen LogP contribution in [-0.4, -0.2) is 29.6 Å². The van der Waals surface area contributed by atoms with Gasteiger partial charge in [-0.3, -0.25) is 14.2 Å². The van der Waals surface area contributed by atoms with Crippen LogP contribution in [0.5, 0.6) is 0 Å². The van der Waals surface area contributed by atoms with Crippen molar-refractivity contribution in [2.75, 3.05) is 11.1 Å². The van der Waals surface area contributed by atoms with Crippen LogP contribution < -0.4 is 16.0 Å². The molecule has 0 atom stereocenters. The fourth-order valence-corrected chi connectivity index (χ4v) is 3.67. The molecule has 0 saturated carbocycles. The average Bonchev–Trinajstić information content (AvgIpc) is 2.63. The smallest absolute Gasteiger partial charge is 0.261 e. The molecule has 27 heavy (non-hydrogen) atoms. The Balaban J connectivity index is 1.70. The summed E-state index contributed by atoms with van der Waals surface area (Å²) in [6.07, 6.45) is 0. The van der Waals surface area contributed by atoms with Crippen LogP contribution in [0.25, 0.3) is 10.9 Å². The maximum atomic E-state index is 12.3. The van der Waals surface area contributed by atoms with Gasteiger partial charge in [-0.25, -0.2) is 18.5 Å². The minimum atomic E-state index is -3.78. The molecule has 0 aliphatic heterocycles. The van der Waals surface area contributed by atoms with Crippen LogP contribution in [-0.2, 0) is 21.9 Å². The number of nitrogens with zero attached hydrogens (tertiary/aromatic N) is 2. The summed E-state index contributed by atoms with van der Waals surface area (Å²) in [5.74, 6) is -0.277. The van der Waals surface area contributed by atoms with E-state index in [1.807, 2.05) is 0 Å². The number of nitrogens with one attached hydrogen (secondary N) is 1. The van der Waals surface area contributed by atoms with E-state index in [1.165, 1.54) is 28.8 Å². The minimum absolute atomic E-state index is 0.0368. The molecule has 2 aromatic carbocycles. The molecule has 0 aliphatic rings. The summed E-state index contributed by atoms with van der Waals surface area (Å²) >= 11 is 1.13. The van der Waals surface area contributed by atoms with Gasteiger partial charge < -0.3 is 5.32 Å². The van der Waals surface area contributed by atoms with E-state index >= 15 is 0 Å². The molecule has 0 saturated heterocycles. The molecule has 1 heterocycles. The van der Waals surface area contributed by atoms with E-state index < -0.39 is 10.0 Å². The molecule has 3 N–H and O–H groups in total. The van der Waals surface area contributed by atoms with Crippen LogP contribution in [0.4, 0.5) is 5.69 Å². The second kappa shape index (κ2) is 7.51. The first kappa shape index (κ1) is 19.1. The first-order valence-electron chi connectivity index (χ1n) is 7.77. The quantitative estimate of drug-likeness (QED) is 0.488.